The maximum atomic E-state index is 10.2. The predicted molar refractivity (Wildman–Crippen MR) is 73.1 cm³/mol. The maximum Gasteiger partial charge on any atom is 0.130 e. The van der Waals surface area contributed by atoms with Crippen molar-refractivity contribution < 1.29 is 5.11 Å². The number of nitrogens with one attached hydrogen (secondary N) is 1. The molecule has 3 rings (SSSR count). The first-order valence-corrected chi connectivity index (χ1v) is 5.72. The van der Waals surface area contributed by atoms with Gasteiger partial charge in [0, 0.05) is 22.7 Å². The summed E-state index contributed by atoms with van der Waals surface area (Å²) in [4.78, 5) is 0. The molecule has 3 heteroatoms. The quantitative estimate of drug-likeness (QED) is 0.716. The standard InChI is InChI=1S/C15H12N2O/c18-15-13(6-5-11-9-16-17-10-11)8-7-12-3-1-2-4-14(12)15/h1-10,18H,(H,16,17). The summed E-state index contributed by atoms with van der Waals surface area (Å²) in [6, 6.07) is 11.7. The molecule has 0 aliphatic heterocycles. The summed E-state index contributed by atoms with van der Waals surface area (Å²) in [6.45, 7) is 0. The topological polar surface area (TPSA) is 48.9 Å². The molecule has 0 unspecified atom stereocenters. The second-order valence-corrected chi connectivity index (χ2v) is 4.09. The van der Waals surface area contributed by atoms with E-state index in [1.807, 2.05) is 48.6 Å². The van der Waals surface area contributed by atoms with E-state index in [9.17, 15) is 5.11 Å². The molecule has 0 amide bonds. The van der Waals surface area contributed by atoms with E-state index in [4.69, 9.17) is 0 Å². The minimum absolute atomic E-state index is 0.313. The average Bonchev–Trinajstić information content (AvgIpc) is 2.91. The highest BCUT2D eigenvalue weighted by Gasteiger charge is 2.02. The molecule has 0 radical (unpaired) electrons. The number of aromatic nitrogens is 2. The van der Waals surface area contributed by atoms with Crippen LogP contribution in [0.4, 0.5) is 0 Å². The van der Waals surface area contributed by atoms with Crippen LogP contribution in [0.3, 0.4) is 0 Å². The van der Waals surface area contributed by atoms with Crippen LogP contribution in [0.2, 0.25) is 0 Å². The molecule has 1 heterocycles. The molecule has 0 aliphatic carbocycles. The number of benzene rings is 2. The minimum atomic E-state index is 0.313. The maximum absolute atomic E-state index is 10.2. The van der Waals surface area contributed by atoms with Crippen molar-refractivity contribution in [2.24, 2.45) is 0 Å². The molecule has 88 valence electrons. The number of hydrogen-bond donors (Lipinski definition) is 2. The molecule has 0 spiro atoms. The predicted octanol–water partition coefficient (Wildman–Crippen LogP) is 3.44. The molecule has 3 aromatic rings. The monoisotopic (exact) mass is 236 g/mol. The molecule has 2 N–H and O–H groups in total. The van der Waals surface area contributed by atoms with Crippen molar-refractivity contribution in [1.82, 2.24) is 10.2 Å². The van der Waals surface area contributed by atoms with Gasteiger partial charge >= 0.3 is 0 Å². The molecular weight excluding hydrogens is 224 g/mol. The van der Waals surface area contributed by atoms with Gasteiger partial charge in [-0.1, -0.05) is 48.6 Å². The van der Waals surface area contributed by atoms with E-state index < -0.39 is 0 Å². The highest BCUT2D eigenvalue weighted by atomic mass is 16.3. The highest BCUT2D eigenvalue weighted by molar-refractivity contribution is 5.92. The molecular formula is C15H12N2O. The summed E-state index contributed by atoms with van der Waals surface area (Å²) in [5.41, 5.74) is 1.78. The molecule has 2 aromatic carbocycles. The van der Waals surface area contributed by atoms with Gasteiger partial charge in [0.15, 0.2) is 0 Å². The lowest BCUT2D eigenvalue weighted by molar-refractivity contribution is 0.480. The SMILES string of the molecule is Oc1c(C=Cc2cn[nH]c2)ccc2ccccc12. The van der Waals surface area contributed by atoms with Crippen molar-refractivity contribution in [3.8, 4) is 5.75 Å². The summed E-state index contributed by atoms with van der Waals surface area (Å²) in [7, 11) is 0. The number of hydrogen-bond acceptors (Lipinski definition) is 2. The summed E-state index contributed by atoms with van der Waals surface area (Å²) in [6.07, 6.45) is 7.32. The third kappa shape index (κ3) is 1.86. The Bertz CT molecular complexity index is 700. The zero-order valence-electron chi connectivity index (χ0n) is 9.67. The van der Waals surface area contributed by atoms with Crippen molar-refractivity contribution in [3.63, 3.8) is 0 Å². The third-order valence-corrected chi connectivity index (χ3v) is 2.91. The molecule has 0 bridgehead atoms. The Labute approximate surface area is 104 Å². The number of fused-ring (bicyclic) bond motifs is 1. The van der Waals surface area contributed by atoms with Gasteiger partial charge in [-0.2, -0.15) is 5.10 Å². The number of rotatable bonds is 2. The van der Waals surface area contributed by atoms with Crippen LogP contribution in [0.25, 0.3) is 22.9 Å². The van der Waals surface area contributed by atoms with Gasteiger partial charge in [0.2, 0.25) is 0 Å². The molecule has 1 aromatic heterocycles. The van der Waals surface area contributed by atoms with Crippen molar-refractivity contribution in [2.75, 3.05) is 0 Å². The smallest absolute Gasteiger partial charge is 0.130 e. The van der Waals surface area contributed by atoms with Crippen LogP contribution in [-0.4, -0.2) is 15.3 Å². The lowest BCUT2D eigenvalue weighted by atomic mass is 10.0. The summed E-state index contributed by atoms with van der Waals surface area (Å²) in [5.74, 6) is 0.313. The third-order valence-electron chi connectivity index (χ3n) is 2.91. The molecule has 0 aliphatic rings. The fraction of sp³-hybridized carbons (Fsp3) is 0. The Morgan fingerprint density at radius 3 is 2.78 bits per heavy atom. The van der Waals surface area contributed by atoms with Gasteiger partial charge in [0.25, 0.3) is 0 Å². The Balaban J connectivity index is 2.05. The first kappa shape index (κ1) is 10.6. The van der Waals surface area contributed by atoms with Gasteiger partial charge in [0.1, 0.15) is 5.75 Å². The van der Waals surface area contributed by atoms with E-state index in [0.29, 0.717) is 5.75 Å². The van der Waals surface area contributed by atoms with Crippen molar-refractivity contribution in [1.29, 1.82) is 0 Å². The molecule has 0 saturated heterocycles. The van der Waals surface area contributed by atoms with E-state index in [1.165, 1.54) is 0 Å². The van der Waals surface area contributed by atoms with Crippen LogP contribution in [0.5, 0.6) is 5.75 Å². The van der Waals surface area contributed by atoms with Gasteiger partial charge < -0.3 is 5.11 Å². The number of phenols is 1. The van der Waals surface area contributed by atoms with E-state index in [2.05, 4.69) is 10.2 Å². The van der Waals surface area contributed by atoms with Crippen molar-refractivity contribution >= 4 is 22.9 Å². The van der Waals surface area contributed by atoms with E-state index in [-0.39, 0.29) is 0 Å². The van der Waals surface area contributed by atoms with Gasteiger partial charge in [0.05, 0.1) is 6.20 Å². The lowest BCUT2D eigenvalue weighted by Crippen LogP contribution is -1.78. The summed E-state index contributed by atoms with van der Waals surface area (Å²) in [5, 5.41) is 18.7. The number of phenolic OH excluding ortho intramolecular Hbond substituents is 1. The molecule has 0 atom stereocenters. The molecule has 0 saturated carbocycles. The van der Waals surface area contributed by atoms with Crippen molar-refractivity contribution in [3.05, 3.63) is 59.9 Å². The Hall–Kier alpha value is -2.55. The zero-order valence-corrected chi connectivity index (χ0v) is 9.67. The number of H-pyrrole nitrogens is 1. The Morgan fingerprint density at radius 2 is 1.94 bits per heavy atom. The zero-order chi connectivity index (χ0) is 12.4. The first-order chi connectivity index (χ1) is 8.84. The highest BCUT2D eigenvalue weighted by Crippen LogP contribution is 2.29. The molecule has 0 fully saturated rings. The first-order valence-electron chi connectivity index (χ1n) is 5.72. The number of nitrogens with zero attached hydrogens (tertiary/aromatic N) is 1. The largest absolute Gasteiger partial charge is 0.507 e. The second kappa shape index (κ2) is 4.37. The van der Waals surface area contributed by atoms with Gasteiger partial charge in [-0.3, -0.25) is 5.10 Å². The Kier molecular flexibility index (Phi) is 2.57. The van der Waals surface area contributed by atoms with Crippen LogP contribution >= 0.6 is 0 Å². The van der Waals surface area contributed by atoms with Gasteiger partial charge in [-0.25, -0.2) is 0 Å². The Morgan fingerprint density at radius 1 is 1.06 bits per heavy atom. The lowest BCUT2D eigenvalue weighted by Gasteiger charge is -2.04. The van der Waals surface area contributed by atoms with Crippen LogP contribution in [0, 0.1) is 0 Å². The fourth-order valence-corrected chi connectivity index (χ4v) is 1.94. The van der Waals surface area contributed by atoms with Crippen LogP contribution < -0.4 is 0 Å². The van der Waals surface area contributed by atoms with Crippen LogP contribution in [0.15, 0.2) is 48.8 Å². The summed E-state index contributed by atoms with van der Waals surface area (Å²) >= 11 is 0. The fourth-order valence-electron chi connectivity index (χ4n) is 1.94. The number of aromatic hydroxyl groups is 1. The van der Waals surface area contributed by atoms with E-state index in [1.54, 1.807) is 12.4 Å². The van der Waals surface area contributed by atoms with Gasteiger partial charge in [-0.05, 0) is 5.39 Å². The van der Waals surface area contributed by atoms with Crippen LogP contribution in [-0.2, 0) is 0 Å². The van der Waals surface area contributed by atoms with E-state index >= 15 is 0 Å². The minimum Gasteiger partial charge on any atom is -0.507 e. The molecule has 18 heavy (non-hydrogen) atoms. The van der Waals surface area contributed by atoms with E-state index in [0.717, 1.165) is 21.9 Å². The average molecular weight is 236 g/mol. The second-order valence-electron chi connectivity index (χ2n) is 4.09. The summed E-state index contributed by atoms with van der Waals surface area (Å²) < 4.78 is 0. The number of aromatic amines is 1. The van der Waals surface area contributed by atoms with Crippen LogP contribution in [0.1, 0.15) is 11.1 Å². The molecule has 3 nitrogen and oxygen atoms in total. The van der Waals surface area contributed by atoms with Gasteiger partial charge in [-0.15, -0.1) is 0 Å². The normalized spacial score (nSPS) is 11.3. The van der Waals surface area contributed by atoms with Crippen molar-refractivity contribution in [2.45, 2.75) is 0 Å².